The van der Waals surface area contributed by atoms with Gasteiger partial charge in [0.25, 0.3) is 0 Å². The van der Waals surface area contributed by atoms with Gasteiger partial charge in [-0.2, -0.15) is 0 Å². The highest BCUT2D eigenvalue weighted by Gasteiger charge is 1.99. The summed E-state index contributed by atoms with van der Waals surface area (Å²) in [7, 11) is 2.63. The van der Waals surface area contributed by atoms with Gasteiger partial charge < -0.3 is 0 Å². The maximum atomic E-state index is 10.9. The molecule has 0 saturated heterocycles. The second-order valence-electron chi connectivity index (χ2n) is 2.63. The van der Waals surface area contributed by atoms with Gasteiger partial charge in [-0.15, -0.1) is 9.24 Å². The van der Waals surface area contributed by atoms with Crippen molar-refractivity contribution < 1.29 is 4.79 Å². The van der Waals surface area contributed by atoms with Crippen molar-refractivity contribution in [2.75, 3.05) is 0 Å². The quantitative estimate of drug-likeness (QED) is 0.458. The molecule has 0 fully saturated rings. The highest BCUT2D eigenvalue weighted by atomic mass is 31.0. The van der Waals surface area contributed by atoms with Crippen molar-refractivity contribution in [1.82, 2.24) is 0 Å². The molecule has 1 nitrogen and oxygen atoms in total. The molecule has 0 saturated carbocycles. The lowest BCUT2D eigenvalue weighted by atomic mass is 10.1. The first-order valence-corrected chi connectivity index (χ1v) is 4.06. The third kappa shape index (κ3) is 1.87. The van der Waals surface area contributed by atoms with E-state index in [2.05, 4.69) is 9.24 Å². The van der Waals surface area contributed by atoms with Crippen LogP contribution in [0.15, 0.2) is 18.2 Å². The first-order chi connectivity index (χ1) is 5.11. The summed E-state index contributed by atoms with van der Waals surface area (Å²) in [6.45, 7) is 3.58. The molecule has 0 aliphatic rings. The van der Waals surface area contributed by atoms with Gasteiger partial charge >= 0.3 is 0 Å². The highest BCUT2D eigenvalue weighted by molar-refractivity contribution is 7.27. The van der Waals surface area contributed by atoms with Crippen LogP contribution in [0.1, 0.15) is 22.8 Å². The van der Waals surface area contributed by atoms with E-state index in [9.17, 15) is 4.79 Å². The summed E-state index contributed by atoms with van der Waals surface area (Å²) in [5, 5.41) is 1.15. The average Bonchev–Trinajstić information content (AvgIpc) is 1.94. The summed E-state index contributed by atoms with van der Waals surface area (Å²) < 4.78 is 0. The van der Waals surface area contributed by atoms with Crippen molar-refractivity contribution in [1.29, 1.82) is 0 Å². The van der Waals surface area contributed by atoms with Crippen LogP contribution in [0.5, 0.6) is 0 Å². The standard InChI is InChI=1S/C9H11OP/c1-6-5-8(7(2)10)3-4-9(6)11/h3-5H,11H2,1-2H3. The van der Waals surface area contributed by atoms with Crippen LogP contribution in [-0.4, -0.2) is 5.78 Å². The van der Waals surface area contributed by atoms with Crippen molar-refractivity contribution in [3.8, 4) is 0 Å². The molecule has 2 heteroatoms. The minimum atomic E-state index is 0.123. The van der Waals surface area contributed by atoms with Crippen LogP contribution in [0.2, 0.25) is 0 Å². The van der Waals surface area contributed by atoms with Crippen LogP contribution in [0.3, 0.4) is 0 Å². The molecule has 0 aromatic heterocycles. The Balaban J connectivity index is 3.15. The fourth-order valence-corrected chi connectivity index (χ4v) is 1.07. The largest absolute Gasteiger partial charge is 0.295 e. The number of hydrogen-bond acceptors (Lipinski definition) is 1. The fraction of sp³-hybridized carbons (Fsp3) is 0.222. The SMILES string of the molecule is CC(=O)c1ccc(P)c(C)c1. The van der Waals surface area contributed by atoms with Gasteiger partial charge in [-0.25, -0.2) is 0 Å². The lowest BCUT2D eigenvalue weighted by molar-refractivity contribution is 0.101. The molecule has 0 bridgehead atoms. The van der Waals surface area contributed by atoms with Gasteiger partial charge in [0.05, 0.1) is 0 Å². The Labute approximate surface area is 69.0 Å². The predicted molar refractivity (Wildman–Crippen MR) is 50.5 cm³/mol. The van der Waals surface area contributed by atoms with Crippen molar-refractivity contribution in [2.45, 2.75) is 13.8 Å². The van der Waals surface area contributed by atoms with Crippen molar-refractivity contribution in [3.05, 3.63) is 29.3 Å². The number of aryl methyl sites for hydroxylation is 1. The van der Waals surface area contributed by atoms with E-state index in [0.717, 1.165) is 16.4 Å². The molecule has 0 heterocycles. The van der Waals surface area contributed by atoms with Crippen LogP contribution >= 0.6 is 9.24 Å². The summed E-state index contributed by atoms with van der Waals surface area (Å²) in [6.07, 6.45) is 0. The van der Waals surface area contributed by atoms with Crippen LogP contribution < -0.4 is 5.30 Å². The second kappa shape index (κ2) is 3.15. The molecule has 1 aromatic carbocycles. The molecule has 0 radical (unpaired) electrons. The molecule has 0 aliphatic carbocycles. The molecule has 1 rings (SSSR count). The molecule has 11 heavy (non-hydrogen) atoms. The Morgan fingerprint density at radius 3 is 2.55 bits per heavy atom. The Morgan fingerprint density at radius 1 is 1.45 bits per heavy atom. The number of benzene rings is 1. The van der Waals surface area contributed by atoms with E-state index in [1.165, 1.54) is 0 Å². The molecule has 0 amide bonds. The molecular formula is C9H11OP. The number of carbonyl (C=O) groups excluding carboxylic acids is 1. The lowest BCUT2D eigenvalue weighted by Gasteiger charge is -2.00. The van der Waals surface area contributed by atoms with Crippen molar-refractivity contribution >= 4 is 20.3 Å². The average molecular weight is 166 g/mol. The smallest absolute Gasteiger partial charge is 0.159 e. The third-order valence-corrected chi connectivity index (χ3v) is 2.32. The molecular weight excluding hydrogens is 155 g/mol. The number of hydrogen-bond donors (Lipinski definition) is 0. The van der Waals surface area contributed by atoms with E-state index in [1.54, 1.807) is 6.92 Å². The molecule has 0 aliphatic heterocycles. The minimum absolute atomic E-state index is 0.123. The molecule has 0 N–H and O–H groups in total. The second-order valence-corrected chi connectivity index (χ2v) is 3.25. The summed E-state index contributed by atoms with van der Waals surface area (Å²) in [4.78, 5) is 10.9. The Kier molecular flexibility index (Phi) is 2.41. The predicted octanol–water partition coefficient (Wildman–Crippen LogP) is 1.70. The lowest BCUT2D eigenvalue weighted by Crippen LogP contribution is -2.00. The van der Waals surface area contributed by atoms with Crippen molar-refractivity contribution in [3.63, 3.8) is 0 Å². The van der Waals surface area contributed by atoms with Crippen LogP contribution in [0.25, 0.3) is 0 Å². The first-order valence-electron chi connectivity index (χ1n) is 3.48. The summed E-state index contributed by atoms with van der Waals surface area (Å²) in [5.74, 6) is 0.123. The zero-order valence-corrected chi connectivity index (χ0v) is 7.87. The summed E-state index contributed by atoms with van der Waals surface area (Å²) in [5.41, 5.74) is 1.93. The zero-order chi connectivity index (χ0) is 8.43. The summed E-state index contributed by atoms with van der Waals surface area (Å²) >= 11 is 0. The van der Waals surface area contributed by atoms with Gasteiger partial charge in [-0.3, -0.25) is 4.79 Å². The third-order valence-electron chi connectivity index (χ3n) is 1.68. The molecule has 1 unspecified atom stereocenters. The zero-order valence-electron chi connectivity index (χ0n) is 6.72. The van der Waals surface area contributed by atoms with E-state index < -0.39 is 0 Å². The van der Waals surface area contributed by atoms with Gasteiger partial charge in [0.15, 0.2) is 5.78 Å². The van der Waals surface area contributed by atoms with E-state index in [4.69, 9.17) is 0 Å². The van der Waals surface area contributed by atoms with E-state index in [1.807, 2.05) is 25.1 Å². The minimum Gasteiger partial charge on any atom is -0.295 e. The van der Waals surface area contributed by atoms with Gasteiger partial charge in [0.2, 0.25) is 0 Å². The van der Waals surface area contributed by atoms with E-state index >= 15 is 0 Å². The molecule has 58 valence electrons. The summed E-state index contributed by atoms with van der Waals surface area (Å²) in [6, 6.07) is 5.69. The van der Waals surface area contributed by atoms with Crippen molar-refractivity contribution in [2.24, 2.45) is 0 Å². The Hall–Kier alpha value is -0.680. The van der Waals surface area contributed by atoms with Gasteiger partial charge in [-0.1, -0.05) is 12.1 Å². The van der Waals surface area contributed by atoms with Crippen LogP contribution in [-0.2, 0) is 0 Å². The van der Waals surface area contributed by atoms with Crippen LogP contribution in [0.4, 0.5) is 0 Å². The van der Waals surface area contributed by atoms with Crippen LogP contribution in [0, 0.1) is 6.92 Å². The molecule has 0 spiro atoms. The Morgan fingerprint density at radius 2 is 2.09 bits per heavy atom. The normalized spacial score (nSPS) is 9.73. The Bertz CT molecular complexity index is 292. The van der Waals surface area contributed by atoms with Gasteiger partial charge in [0.1, 0.15) is 0 Å². The number of carbonyl (C=O) groups is 1. The highest BCUT2D eigenvalue weighted by Crippen LogP contribution is 2.05. The fourth-order valence-electron chi connectivity index (χ4n) is 0.895. The van der Waals surface area contributed by atoms with E-state index in [-0.39, 0.29) is 5.78 Å². The number of rotatable bonds is 1. The van der Waals surface area contributed by atoms with Gasteiger partial charge in [-0.05, 0) is 30.8 Å². The molecule has 1 aromatic rings. The molecule has 1 atom stereocenters. The van der Waals surface area contributed by atoms with E-state index in [0.29, 0.717) is 0 Å². The topological polar surface area (TPSA) is 17.1 Å². The van der Waals surface area contributed by atoms with Gasteiger partial charge in [0, 0.05) is 5.56 Å². The first kappa shape index (κ1) is 8.42. The number of ketones is 1. The maximum absolute atomic E-state index is 10.9. The monoisotopic (exact) mass is 166 g/mol. The maximum Gasteiger partial charge on any atom is 0.159 e. The number of Topliss-reactive ketones (excluding diaryl/α,β-unsaturated/α-hetero) is 1.